The predicted molar refractivity (Wildman–Crippen MR) is 109 cm³/mol. The van der Waals surface area contributed by atoms with E-state index in [1.165, 1.54) is 0 Å². The molecule has 140 valence electrons. The zero-order valence-electron chi connectivity index (χ0n) is 16.7. The van der Waals surface area contributed by atoms with Crippen LogP contribution in [0.3, 0.4) is 0 Å². The number of hydrogen-bond donors (Lipinski definition) is 1. The van der Waals surface area contributed by atoms with Gasteiger partial charge < -0.3 is 13.3 Å². The van der Waals surface area contributed by atoms with E-state index in [0.717, 1.165) is 19.3 Å². The smallest absolute Gasteiger partial charge is 0.373 e. The Balaban J connectivity index is 5.53. The van der Waals surface area contributed by atoms with Crippen molar-refractivity contribution in [3.63, 3.8) is 0 Å². The largest absolute Gasteiger partial charge is 0.513 e. The quantitative estimate of drug-likeness (QED) is 0.379. The third-order valence-electron chi connectivity index (χ3n) is 4.51. The van der Waals surface area contributed by atoms with Crippen LogP contribution >= 0.6 is 12.6 Å². The Hall–Kier alpha value is 0.664. The Bertz CT molecular complexity index is 301. The van der Waals surface area contributed by atoms with Crippen molar-refractivity contribution in [2.24, 2.45) is 5.92 Å². The Kier molecular flexibility index (Phi) is 10.9. The van der Waals surface area contributed by atoms with Crippen LogP contribution in [0.5, 0.6) is 0 Å². The molecular formula is C17H40O3SSi2. The first-order valence-corrected chi connectivity index (χ1v) is 12.8. The molecule has 0 spiro atoms. The molecule has 0 fully saturated rings. The van der Waals surface area contributed by atoms with Gasteiger partial charge in [-0.1, -0.05) is 48.5 Å². The summed E-state index contributed by atoms with van der Waals surface area (Å²) in [5.41, 5.74) is 0. The fourth-order valence-electron chi connectivity index (χ4n) is 2.50. The van der Waals surface area contributed by atoms with Crippen molar-refractivity contribution in [3.05, 3.63) is 0 Å². The highest BCUT2D eigenvalue weighted by atomic mass is 32.1. The van der Waals surface area contributed by atoms with Crippen LogP contribution in [0.4, 0.5) is 0 Å². The van der Waals surface area contributed by atoms with Crippen molar-refractivity contribution in [1.82, 2.24) is 0 Å². The Morgan fingerprint density at radius 1 is 0.870 bits per heavy atom. The van der Waals surface area contributed by atoms with Gasteiger partial charge in [0.1, 0.15) is 0 Å². The molecule has 0 aromatic heterocycles. The average Bonchev–Trinajstić information content (AvgIpc) is 2.45. The van der Waals surface area contributed by atoms with Crippen LogP contribution in [0, 0.1) is 5.92 Å². The first kappa shape index (κ1) is 23.7. The van der Waals surface area contributed by atoms with Crippen molar-refractivity contribution < 1.29 is 13.3 Å². The predicted octanol–water partition coefficient (Wildman–Crippen LogP) is 4.41. The van der Waals surface area contributed by atoms with Crippen molar-refractivity contribution in [1.29, 1.82) is 0 Å². The molecule has 0 N–H and O–H groups in total. The standard InChI is InChI=1S/C17H40O3SSi2/c1-9-12-18-23(19-13-10-2,20-14-11-3)17(8,21)22-16(6,7)15(4)5/h15,21H,9-14,22H2,1-8H3/t17-/m0/s1. The number of thiol groups is 1. The van der Waals surface area contributed by atoms with Gasteiger partial charge in [0.05, 0.1) is 13.5 Å². The summed E-state index contributed by atoms with van der Waals surface area (Å²) in [5.74, 6) is 0.621. The molecule has 0 saturated heterocycles. The molecule has 0 unspecified atom stereocenters. The van der Waals surface area contributed by atoms with Gasteiger partial charge in [-0.15, -0.1) is 0 Å². The van der Waals surface area contributed by atoms with E-state index in [4.69, 9.17) is 25.9 Å². The molecule has 0 aromatic rings. The highest BCUT2D eigenvalue weighted by Crippen LogP contribution is 2.41. The van der Waals surface area contributed by atoms with E-state index in [1.54, 1.807) is 0 Å². The minimum atomic E-state index is -2.82. The molecule has 0 heterocycles. The molecule has 0 saturated carbocycles. The van der Waals surface area contributed by atoms with E-state index >= 15 is 0 Å². The van der Waals surface area contributed by atoms with Crippen molar-refractivity contribution >= 4 is 31.0 Å². The Morgan fingerprint density at radius 2 is 1.22 bits per heavy atom. The zero-order chi connectivity index (χ0) is 18.1. The normalized spacial score (nSPS) is 16.4. The fraction of sp³-hybridized carbons (Fsp3) is 1.00. The molecule has 1 atom stereocenters. The van der Waals surface area contributed by atoms with Gasteiger partial charge in [0.15, 0.2) is 0 Å². The summed E-state index contributed by atoms with van der Waals surface area (Å²) in [6.07, 6.45) is 2.91. The zero-order valence-corrected chi connectivity index (χ0v) is 20.0. The van der Waals surface area contributed by atoms with Crippen LogP contribution in [0.1, 0.15) is 74.7 Å². The molecule has 0 rings (SSSR count). The topological polar surface area (TPSA) is 27.7 Å². The van der Waals surface area contributed by atoms with Crippen LogP contribution in [-0.2, 0) is 13.3 Å². The summed E-state index contributed by atoms with van der Waals surface area (Å²) >= 11 is 5.12. The van der Waals surface area contributed by atoms with Gasteiger partial charge >= 0.3 is 8.80 Å². The summed E-state index contributed by atoms with van der Waals surface area (Å²) < 4.78 is 18.7. The van der Waals surface area contributed by atoms with Gasteiger partial charge in [-0.25, -0.2) is 0 Å². The van der Waals surface area contributed by atoms with Gasteiger partial charge in [-0.05, 0) is 37.1 Å². The molecule has 6 heteroatoms. The second-order valence-corrected chi connectivity index (χ2v) is 17.1. The van der Waals surface area contributed by atoms with E-state index in [0.29, 0.717) is 25.7 Å². The van der Waals surface area contributed by atoms with Crippen LogP contribution < -0.4 is 0 Å². The third kappa shape index (κ3) is 7.20. The molecule has 0 radical (unpaired) electrons. The summed E-state index contributed by atoms with van der Waals surface area (Å²) in [6.45, 7) is 20.0. The maximum absolute atomic E-state index is 6.33. The van der Waals surface area contributed by atoms with Gasteiger partial charge in [0.25, 0.3) is 0 Å². The molecule has 0 aliphatic rings. The summed E-state index contributed by atoms with van der Waals surface area (Å²) in [4.78, 5) is 0. The molecule has 0 bridgehead atoms. The Labute approximate surface area is 153 Å². The van der Waals surface area contributed by atoms with E-state index in [1.807, 2.05) is 0 Å². The van der Waals surface area contributed by atoms with Gasteiger partial charge in [-0.3, -0.25) is 0 Å². The molecule has 0 aliphatic heterocycles. The van der Waals surface area contributed by atoms with Gasteiger partial charge in [0.2, 0.25) is 0 Å². The third-order valence-corrected chi connectivity index (χ3v) is 13.1. The van der Waals surface area contributed by atoms with E-state index in [9.17, 15) is 0 Å². The lowest BCUT2D eigenvalue weighted by atomic mass is 9.99. The lowest BCUT2D eigenvalue weighted by Crippen LogP contribution is -2.65. The van der Waals surface area contributed by atoms with E-state index < -0.39 is 18.3 Å². The minimum absolute atomic E-state index is 0.264. The first-order valence-electron chi connectivity index (χ1n) is 9.22. The van der Waals surface area contributed by atoms with Crippen LogP contribution in [-0.4, -0.2) is 42.1 Å². The van der Waals surface area contributed by atoms with Crippen molar-refractivity contribution in [2.75, 3.05) is 19.8 Å². The Morgan fingerprint density at radius 3 is 1.48 bits per heavy atom. The summed E-state index contributed by atoms with van der Waals surface area (Å²) in [5, 5.41) is 0.287. The lowest BCUT2D eigenvalue weighted by Gasteiger charge is -2.45. The van der Waals surface area contributed by atoms with Crippen molar-refractivity contribution in [2.45, 2.75) is 83.7 Å². The maximum atomic E-state index is 6.33. The lowest BCUT2D eigenvalue weighted by molar-refractivity contribution is 0.0548. The van der Waals surface area contributed by atoms with Crippen molar-refractivity contribution in [3.8, 4) is 0 Å². The molecule has 0 aromatic carbocycles. The SMILES string of the molecule is CCCO[Si](OCCC)(OCCC)[C@@](C)(S)[SiH2]C(C)(C)C(C)C. The maximum Gasteiger partial charge on any atom is 0.513 e. The molecule has 23 heavy (non-hydrogen) atoms. The monoisotopic (exact) mass is 380 g/mol. The number of rotatable bonds is 13. The van der Waals surface area contributed by atoms with Gasteiger partial charge in [-0.2, -0.15) is 12.6 Å². The average molecular weight is 381 g/mol. The van der Waals surface area contributed by atoms with Crippen LogP contribution in [0.2, 0.25) is 5.04 Å². The van der Waals surface area contributed by atoms with Gasteiger partial charge in [0, 0.05) is 19.8 Å². The second-order valence-electron chi connectivity index (χ2n) is 7.70. The van der Waals surface area contributed by atoms with Crippen LogP contribution in [0.15, 0.2) is 0 Å². The van der Waals surface area contributed by atoms with Crippen LogP contribution in [0.25, 0.3) is 0 Å². The molecule has 3 nitrogen and oxygen atoms in total. The molecular weight excluding hydrogens is 340 g/mol. The second kappa shape index (κ2) is 10.6. The molecule has 0 amide bonds. The summed E-state index contributed by atoms with van der Waals surface area (Å²) in [6, 6.07) is 0. The molecule has 0 aliphatic carbocycles. The first-order chi connectivity index (χ1) is 10.6. The summed E-state index contributed by atoms with van der Waals surface area (Å²) in [7, 11) is -3.43. The fourth-order valence-corrected chi connectivity index (χ4v) is 12.2. The van der Waals surface area contributed by atoms with E-state index in [2.05, 4.69) is 55.4 Å². The minimum Gasteiger partial charge on any atom is -0.373 e. The highest BCUT2D eigenvalue weighted by molar-refractivity contribution is 7.86. The number of hydrogen-bond acceptors (Lipinski definition) is 4. The van der Waals surface area contributed by atoms with E-state index in [-0.39, 0.29) is 9.03 Å². The highest BCUT2D eigenvalue weighted by Gasteiger charge is 2.58.